The first-order valence-corrected chi connectivity index (χ1v) is 4.71. The van der Waals surface area contributed by atoms with Crippen molar-refractivity contribution < 1.29 is 19.8 Å². The number of amidine groups is 1. The zero-order valence-corrected chi connectivity index (χ0v) is 8.40. The predicted octanol–water partition coefficient (Wildman–Crippen LogP) is 0.658. The Morgan fingerprint density at radius 3 is 1.73 bits per heavy atom. The summed E-state index contributed by atoms with van der Waals surface area (Å²) in [5, 5.41) is 22.9. The molecule has 0 bridgehead atoms. The second kappa shape index (κ2) is 6.80. The maximum atomic E-state index is 9.79. The quantitative estimate of drug-likeness (QED) is 0.397. The molecule has 6 heteroatoms. The van der Waals surface area contributed by atoms with Crippen molar-refractivity contribution in [1.29, 1.82) is 5.41 Å². The summed E-state index contributed by atoms with van der Waals surface area (Å²) in [6.07, 6.45) is 2.38. The fourth-order valence-corrected chi connectivity index (χ4v) is 0.785. The first-order valence-electron chi connectivity index (χ1n) is 4.71. The smallest absolute Gasteiger partial charge is 0.303 e. The molecule has 1 aliphatic carbocycles. The Bertz CT molecular complexity index is 234. The monoisotopic (exact) mass is 216 g/mol. The van der Waals surface area contributed by atoms with Gasteiger partial charge >= 0.3 is 11.9 Å². The molecule has 1 rings (SSSR count). The SMILES string of the molecule is N=C(N)C1CC1.O=C(O)CCCC(=O)O. The Balaban J connectivity index is 0.000000280. The van der Waals surface area contributed by atoms with Gasteiger partial charge in [0.2, 0.25) is 0 Å². The number of aliphatic carboxylic acids is 2. The summed E-state index contributed by atoms with van der Waals surface area (Å²) in [6.45, 7) is 0. The molecule has 0 saturated heterocycles. The summed E-state index contributed by atoms with van der Waals surface area (Å²) < 4.78 is 0. The Kier molecular flexibility index (Phi) is 6.08. The molecule has 86 valence electrons. The van der Waals surface area contributed by atoms with Crippen LogP contribution in [0.2, 0.25) is 0 Å². The largest absolute Gasteiger partial charge is 0.481 e. The lowest BCUT2D eigenvalue weighted by Gasteiger charge is -1.89. The minimum absolute atomic E-state index is 0.0632. The fraction of sp³-hybridized carbons (Fsp3) is 0.667. The molecule has 0 spiro atoms. The zero-order chi connectivity index (χ0) is 11.8. The third kappa shape index (κ3) is 10.3. The maximum Gasteiger partial charge on any atom is 0.303 e. The molecule has 15 heavy (non-hydrogen) atoms. The molecule has 6 nitrogen and oxygen atoms in total. The van der Waals surface area contributed by atoms with Gasteiger partial charge in [0, 0.05) is 18.8 Å². The minimum atomic E-state index is -0.948. The van der Waals surface area contributed by atoms with E-state index >= 15 is 0 Å². The van der Waals surface area contributed by atoms with Gasteiger partial charge in [-0.25, -0.2) is 0 Å². The minimum Gasteiger partial charge on any atom is -0.481 e. The van der Waals surface area contributed by atoms with Gasteiger partial charge in [-0.15, -0.1) is 0 Å². The van der Waals surface area contributed by atoms with Gasteiger partial charge in [-0.1, -0.05) is 0 Å². The third-order valence-electron chi connectivity index (χ3n) is 1.80. The fourth-order valence-electron chi connectivity index (χ4n) is 0.785. The van der Waals surface area contributed by atoms with Gasteiger partial charge in [0.05, 0.1) is 5.84 Å². The van der Waals surface area contributed by atoms with E-state index in [1.807, 2.05) is 0 Å². The highest BCUT2D eigenvalue weighted by atomic mass is 16.4. The first kappa shape index (κ1) is 13.4. The highest BCUT2D eigenvalue weighted by molar-refractivity contribution is 5.81. The van der Waals surface area contributed by atoms with E-state index in [9.17, 15) is 9.59 Å². The standard InChI is InChI=1S/C5H8O4.C4H8N2/c6-4(7)2-1-3-5(8)9;5-4(6)3-1-2-3/h1-3H2,(H,6,7)(H,8,9);3H,1-2H2,(H3,5,6). The summed E-state index contributed by atoms with van der Waals surface area (Å²) >= 11 is 0. The van der Waals surface area contributed by atoms with Crippen LogP contribution in [0.25, 0.3) is 0 Å². The van der Waals surface area contributed by atoms with Gasteiger partial charge in [0.25, 0.3) is 0 Å². The molecular weight excluding hydrogens is 200 g/mol. The number of carboxylic acids is 2. The average molecular weight is 216 g/mol. The number of hydrogen-bond donors (Lipinski definition) is 4. The summed E-state index contributed by atoms with van der Waals surface area (Å²) in [5.74, 6) is -1.06. The molecule has 0 aromatic carbocycles. The number of carbonyl (C=O) groups is 2. The summed E-state index contributed by atoms with van der Waals surface area (Å²) in [4.78, 5) is 19.6. The van der Waals surface area contributed by atoms with Crippen LogP contribution in [0.5, 0.6) is 0 Å². The van der Waals surface area contributed by atoms with Crippen molar-refractivity contribution in [3.05, 3.63) is 0 Å². The molecule has 0 unspecified atom stereocenters. The van der Waals surface area contributed by atoms with Crippen molar-refractivity contribution in [3.63, 3.8) is 0 Å². The first-order chi connectivity index (χ1) is 6.93. The molecule has 0 atom stereocenters. The molecular formula is C9H16N2O4. The van der Waals surface area contributed by atoms with E-state index in [2.05, 4.69) is 0 Å². The number of nitrogens with one attached hydrogen (secondary N) is 1. The lowest BCUT2D eigenvalue weighted by Crippen LogP contribution is -2.10. The van der Waals surface area contributed by atoms with Gasteiger partial charge in [0.1, 0.15) is 0 Å². The Labute approximate surface area is 87.6 Å². The molecule has 1 aliphatic rings. The van der Waals surface area contributed by atoms with Gasteiger partial charge in [-0.3, -0.25) is 15.0 Å². The highest BCUT2D eigenvalue weighted by Crippen LogP contribution is 2.27. The van der Waals surface area contributed by atoms with Gasteiger partial charge in [-0.05, 0) is 19.3 Å². The Morgan fingerprint density at radius 1 is 1.20 bits per heavy atom. The number of hydrogen-bond acceptors (Lipinski definition) is 3. The van der Waals surface area contributed by atoms with E-state index in [4.69, 9.17) is 21.4 Å². The average Bonchev–Trinajstić information content (AvgIpc) is 2.84. The van der Waals surface area contributed by atoms with Crippen molar-refractivity contribution in [1.82, 2.24) is 0 Å². The molecule has 0 heterocycles. The van der Waals surface area contributed by atoms with Crippen molar-refractivity contribution in [2.45, 2.75) is 32.1 Å². The van der Waals surface area contributed by atoms with Crippen LogP contribution in [-0.4, -0.2) is 28.0 Å². The van der Waals surface area contributed by atoms with Crippen LogP contribution in [0.1, 0.15) is 32.1 Å². The van der Waals surface area contributed by atoms with E-state index < -0.39 is 11.9 Å². The van der Waals surface area contributed by atoms with Crippen LogP contribution in [0.15, 0.2) is 0 Å². The second-order valence-corrected chi connectivity index (χ2v) is 3.37. The van der Waals surface area contributed by atoms with E-state index in [1.54, 1.807) is 0 Å². The lowest BCUT2D eigenvalue weighted by atomic mass is 10.2. The van der Waals surface area contributed by atoms with Crippen LogP contribution in [0.3, 0.4) is 0 Å². The van der Waals surface area contributed by atoms with Crippen molar-refractivity contribution in [3.8, 4) is 0 Å². The lowest BCUT2D eigenvalue weighted by molar-refractivity contribution is -0.138. The molecule has 0 amide bonds. The normalized spacial score (nSPS) is 13.6. The van der Waals surface area contributed by atoms with Gasteiger partial charge < -0.3 is 15.9 Å². The summed E-state index contributed by atoms with van der Waals surface area (Å²) in [6, 6.07) is 0. The number of rotatable bonds is 5. The van der Waals surface area contributed by atoms with Crippen molar-refractivity contribution in [2.75, 3.05) is 0 Å². The summed E-state index contributed by atoms with van der Waals surface area (Å²) in [5.41, 5.74) is 5.08. The van der Waals surface area contributed by atoms with E-state index in [0.717, 1.165) is 12.8 Å². The van der Waals surface area contributed by atoms with Crippen LogP contribution >= 0.6 is 0 Å². The molecule has 0 aliphatic heterocycles. The van der Waals surface area contributed by atoms with Crippen molar-refractivity contribution >= 4 is 17.8 Å². The molecule has 1 fully saturated rings. The number of nitrogens with two attached hydrogens (primary N) is 1. The van der Waals surface area contributed by atoms with Gasteiger partial charge in [0.15, 0.2) is 0 Å². The molecule has 0 aromatic heterocycles. The van der Waals surface area contributed by atoms with E-state index in [1.165, 1.54) is 0 Å². The molecule has 0 aromatic rings. The van der Waals surface area contributed by atoms with Gasteiger partial charge in [-0.2, -0.15) is 0 Å². The highest BCUT2D eigenvalue weighted by Gasteiger charge is 2.23. The maximum absolute atomic E-state index is 9.79. The van der Waals surface area contributed by atoms with Crippen LogP contribution in [0.4, 0.5) is 0 Å². The number of carboxylic acid groups (broad SMARTS) is 2. The van der Waals surface area contributed by atoms with E-state index in [-0.39, 0.29) is 19.3 Å². The Hall–Kier alpha value is -1.59. The van der Waals surface area contributed by atoms with Crippen LogP contribution < -0.4 is 5.73 Å². The third-order valence-corrected chi connectivity index (χ3v) is 1.80. The molecule has 5 N–H and O–H groups in total. The Morgan fingerprint density at radius 2 is 1.60 bits per heavy atom. The molecule has 0 radical (unpaired) electrons. The second-order valence-electron chi connectivity index (χ2n) is 3.37. The topological polar surface area (TPSA) is 124 Å². The summed E-state index contributed by atoms with van der Waals surface area (Å²) in [7, 11) is 0. The zero-order valence-electron chi connectivity index (χ0n) is 8.40. The van der Waals surface area contributed by atoms with Crippen molar-refractivity contribution in [2.24, 2.45) is 11.7 Å². The van der Waals surface area contributed by atoms with Crippen LogP contribution in [0, 0.1) is 11.3 Å². The van der Waals surface area contributed by atoms with Crippen LogP contribution in [-0.2, 0) is 9.59 Å². The van der Waals surface area contributed by atoms with E-state index in [0.29, 0.717) is 11.8 Å². The predicted molar refractivity (Wildman–Crippen MR) is 53.8 cm³/mol. The molecule has 1 saturated carbocycles.